The Bertz CT molecular complexity index is 731. The number of hydrogen-bond acceptors (Lipinski definition) is 5. The molecule has 0 fully saturated rings. The lowest BCUT2D eigenvalue weighted by molar-refractivity contribution is 0.899. The summed E-state index contributed by atoms with van der Waals surface area (Å²) < 4.78 is 2.56. The molecule has 0 saturated carbocycles. The second kappa shape index (κ2) is 5.56. The Balaban J connectivity index is 1.97. The lowest BCUT2D eigenvalue weighted by Crippen LogP contribution is -2.05. The van der Waals surface area contributed by atoms with Gasteiger partial charge in [-0.05, 0) is 39.7 Å². The van der Waals surface area contributed by atoms with Crippen LogP contribution in [0.15, 0.2) is 47.5 Å². The van der Waals surface area contributed by atoms with Gasteiger partial charge in [-0.25, -0.2) is 4.98 Å². The average Bonchev–Trinajstić information content (AvgIpc) is 2.95. The van der Waals surface area contributed by atoms with Gasteiger partial charge in [0.05, 0.1) is 5.69 Å². The molecule has 2 aromatic heterocycles. The molecule has 0 bridgehead atoms. The first-order valence-electron chi connectivity index (χ1n) is 5.64. The van der Waals surface area contributed by atoms with Gasteiger partial charge in [-0.1, -0.05) is 12.1 Å². The van der Waals surface area contributed by atoms with Crippen LogP contribution in [0, 0.1) is 0 Å². The molecule has 0 unspecified atom stereocenters. The molecule has 3 aromatic rings. The van der Waals surface area contributed by atoms with Crippen LogP contribution in [0.3, 0.4) is 0 Å². The predicted molar refractivity (Wildman–Crippen MR) is 79.4 cm³/mol. The molecule has 20 heavy (non-hydrogen) atoms. The zero-order valence-electron chi connectivity index (χ0n) is 10.0. The van der Waals surface area contributed by atoms with Gasteiger partial charge in [0.2, 0.25) is 17.2 Å². The fourth-order valence-corrected chi connectivity index (χ4v) is 2.11. The van der Waals surface area contributed by atoms with Crippen molar-refractivity contribution in [3.63, 3.8) is 0 Å². The highest BCUT2D eigenvalue weighted by atomic mass is 79.9. The second-order valence-corrected chi connectivity index (χ2v) is 5.00. The molecule has 1 N–H and O–H groups in total. The fraction of sp³-hybridized carbons (Fsp3) is 0. The molecular formula is C12H8BrClN6. The van der Waals surface area contributed by atoms with Gasteiger partial charge < -0.3 is 5.32 Å². The third-order valence-electron chi connectivity index (χ3n) is 2.45. The maximum atomic E-state index is 5.93. The SMILES string of the molecule is Clc1nc(Nc2ccccc2Br)nc(-n2ccnc2)n1. The van der Waals surface area contributed by atoms with Crippen LogP contribution in [0.4, 0.5) is 11.6 Å². The summed E-state index contributed by atoms with van der Waals surface area (Å²) in [6.45, 7) is 0. The first-order valence-corrected chi connectivity index (χ1v) is 6.81. The summed E-state index contributed by atoms with van der Waals surface area (Å²) in [6, 6.07) is 7.65. The van der Waals surface area contributed by atoms with Crippen LogP contribution in [0.1, 0.15) is 0 Å². The number of nitrogens with zero attached hydrogens (tertiary/aromatic N) is 5. The Labute approximate surface area is 128 Å². The molecular weight excluding hydrogens is 344 g/mol. The summed E-state index contributed by atoms with van der Waals surface area (Å²) in [5.41, 5.74) is 0.839. The first kappa shape index (κ1) is 13.0. The number of nitrogens with one attached hydrogen (secondary N) is 1. The van der Waals surface area contributed by atoms with E-state index in [9.17, 15) is 0 Å². The fourth-order valence-electron chi connectivity index (χ4n) is 1.57. The smallest absolute Gasteiger partial charge is 0.241 e. The number of anilines is 2. The molecule has 8 heteroatoms. The van der Waals surface area contributed by atoms with Crippen LogP contribution in [-0.4, -0.2) is 24.5 Å². The number of para-hydroxylation sites is 1. The van der Waals surface area contributed by atoms with Crippen molar-refractivity contribution in [2.24, 2.45) is 0 Å². The van der Waals surface area contributed by atoms with Crippen LogP contribution < -0.4 is 5.32 Å². The molecule has 0 saturated heterocycles. The van der Waals surface area contributed by atoms with Gasteiger partial charge in [0.1, 0.15) is 6.33 Å². The first-order chi connectivity index (χ1) is 9.72. The van der Waals surface area contributed by atoms with E-state index in [-0.39, 0.29) is 5.28 Å². The Morgan fingerprint density at radius 1 is 1.15 bits per heavy atom. The summed E-state index contributed by atoms with van der Waals surface area (Å²) >= 11 is 9.37. The lowest BCUT2D eigenvalue weighted by atomic mass is 10.3. The zero-order chi connectivity index (χ0) is 13.9. The van der Waals surface area contributed by atoms with Crippen LogP contribution in [-0.2, 0) is 0 Å². The number of halogens is 2. The van der Waals surface area contributed by atoms with E-state index in [1.165, 1.54) is 0 Å². The quantitative estimate of drug-likeness (QED) is 0.784. The van der Waals surface area contributed by atoms with Gasteiger partial charge in [-0.15, -0.1) is 0 Å². The van der Waals surface area contributed by atoms with Gasteiger partial charge in [-0.2, -0.15) is 15.0 Å². The number of benzene rings is 1. The van der Waals surface area contributed by atoms with Crippen molar-refractivity contribution in [2.75, 3.05) is 5.32 Å². The third kappa shape index (κ3) is 2.78. The summed E-state index contributed by atoms with van der Waals surface area (Å²) in [7, 11) is 0. The van der Waals surface area contributed by atoms with Crippen molar-refractivity contribution >= 4 is 39.2 Å². The van der Waals surface area contributed by atoms with E-state index in [0.717, 1.165) is 10.2 Å². The van der Waals surface area contributed by atoms with Crippen LogP contribution >= 0.6 is 27.5 Å². The largest absolute Gasteiger partial charge is 0.323 e. The maximum absolute atomic E-state index is 5.93. The van der Waals surface area contributed by atoms with E-state index in [4.69, 9.17) is 11.6 Å². The van der Waals surface area contributed by atoms with E-state index in [2.05, 4.69) is 41.2 Å². The standard InChI is InChI=1S/C12H8BrClN6/c13-8-3-1-2-4-9(8)16-11-17-10(14)18-12(19-11)20-6-5-15-7-20/h1-7H,(H,16,17,18,19). The zero-order valence-corrected chi connectivity index (χ0v) is 12.4. The van der Waals surface area contributed by atoms with Crippen LogP contribution in [0.25, 0.3) is 5.95 Å². The highest BCUT2D eigenvalue weighted by Gasteiger charge is 2.08. The van der Waals surface area contributed by atoms with Crippen molar-refractivity contribution in [2.45, 2.75) is 0 Å². The summed E-state index contributed by atoms with van der Waals surface area (Å²) in [4.78, 5) is 16.4. The molecule has 3 rings (SSSR count). The van der Waals surface area contributed by atoms with E-state index < -0.39 is 0 Å². The van der Waals surface area contributed by atoms with E-state index in [1.807, 2.05) is 24.3 Å². The van der Waals surface area contributed by atoms with Gasteiger partial charge in [0.25, 0.3) is 0 Å². The van der Waals surface area contributed by atoms with Gasteiger partial charge in [0, 0.05) is 16.9 Å². The van der Waals surface area contributed by atoms with Crippen LogP contribution in [0.5, 0.6) is 0 Å². The van der Waals surface area contributed by atoms with E-state index >= 15 is 0 Å². The average molecular weight is 352 g/mol. The Kier molecular flexibility index (Phi) is 3.62. The Morgan fingerprint density at radius 3 is 2.75 bits per heavy atom. The molecule has 0 radical (unpaired) electrons. The molecule has 0 aliphatic rings. The molecule has 0 aliphatic carbocycles. The summed E-state index contributed by atoms with van der Waals surface area (Å²) in [6.07, 6.45) is 4.96. The molecule has 100 valence electrons. The monoisotopic (exact) mass is 350 g/mol. The van der Waals surface area contributed by atoms with E-state index in [1.54, 1.807) is 23.3 Å². The molecule has 0 aliphatic heterocycles. The topological polar surface area (TPSA) is 68.5 Å². The lowest BCUT2D eigenvalue weighted by Gasteiger charge is -2.08. The molecule has 0 atom stereocenters. The highest BCUT2D eigenvalue weighted by Crippen LogP contribution is 2.24. The number of rotatable bonds is 3. The second-order valence-electron chi connectivity index (χ2n) is 3.80. The normalized spacial score (nSPS) is 10.5. The Hall–Kier alpha value is -1.99. The van der Waals surface area contributed by atoms with E-state index in [0.29, 0.717) is 11.9 Å². The molecule has 0 amide bonds. The maximum Gasteiger partial charge on any atom is 0.241 e. The number of imidazole rings is 1. The Morgan fingerprint density at radius 2 is 2.00 bits per heavy atom. The predicted octanol–water partition coefficient (Wildman–Crippen LogP) is 3.22. The number of hydrogen-bond donors (Lipinski definition) is 1. The van der Waals surface area contributed by atoms with Crippen molar-refractivity contribution in [1.29, 1.82) is 0 Å². The van der Waals surface area contributed by atoms with Crippen molar-refractivity contribution < 1.29 is 0 Å². The van der Waals surface area contributed by atoms with Crippen molar-refractivity contribution in [3.05, 3.63) is 52.7 Å². The van der Waals surface area contributed by atoms with Crippen LogP contribution in [0.2, 0.25) is 5.28 Å². The minimum Gasteiger partial charge on any atom is -0.323 e. The molecule has 2 heterocycles. The van der Waals surface area contributed by atoms with Gasteiger partial charge >= 0.3 is 0 Å². The molecule has 1 aromatic carbocycles. The van der Waals surface area contributed by atoms with Gasteiger partial charge in [-0.3, -0.25) is 4.57 Å². The highest BCUT2D eigenvalue weighted by molar-refractivity contribution is 9.10. The van der Waals surface area contributed by atoms with Crippen molar-refractivity contribution in [3.8, 4) is 5.95 Å². The van der Waals surface area contributed by atoms with Gasteiger partial charge in [0.15, 0.2) is 0 Å². The third-order valence-corrected chi connectivity index (χ3v) is 3.31. The summed E-state index contributed by atoms with van der Waals surface area (Å²) in [5.74, 6) is 0.762. The molecule has 0 spiro atoms. The summed E-state index contributed by atoms with van der Waals surface area (Å²) in [5, 5.41) is 3.20. The molecule has 6 nitrogen and oxygen atoms in total. The minimum atomic E-state index is 0.109. The minimum absolute atomic E-state index is 0.109. The van der Waals surface area contributed by atoms with Crippen molar-refractivity contribution in [1.82, 2.24) is 24.5 Å². The number of aromatic nitrogens is 5.